The van der Waals surface area contributed by atoms with Gasteiger partial charge in [-0.15, -0.1) is 0 Å². The van der Waals surface area contributed by atoms with Gasteiger partial charge >= 0.3 is 0 Å². The summed E-state index contributed by atoms with van der Waals surface area (Å²) in [5, 5.41) is 23.0. The second-order valence-corrected chi connectivity index (χ2v) is 2.34. The number of rotatable bonds is 6. The molecule has 0 saturated carbocycles. The van der Waals surface area contributed by atoms with Crippen LogP contribution in [0.4, 0.5) is 0 Å². The zero-order chi connectivity index (χ0) is 9.23. The van der Waals surface area contributed by atoms with Gasteiger partial charge in [0.2, 0.25) is 0 Å². The molecule has 0 radical (unpaired) electrons. The van der Waals surface area contributed by atoms with Crippen molar-refractivity contribution in [2.45, 2.75) is 19.8 Å². The quantitative estimate of drug-likeness (QED) is 0.345. The van der Waals surface area contributed by atoms with Gasteiger partial charge in [0.15, 0.2) is 0 Å². The van der Waals surface area contributed by atoms with Crippen LogP contribution in [0.25, 0.3) is 0 Å². The molecule has 0 bridgehead atoms. The predicted octanol–water partition coefficient (Wildman–Crippen LogP) is 0.332. The maximum absolute atomic E-state index is 8.11. The van der Waals surface area contributed by atoms with Crippen molar-refractivity contribution < 1.29 is 10.4 Å². The van der Waals surface area contributed by atoms with Crippen molar-refractivity contribution in [2.24, 2.45) is 16.1 Å². The lowest BCUT2D eigenvalue weighted by atomic mass is 10.1. The van der Waals surface area contributed by atoms with E-state index >= 15 is 0 Å². The van der Waals surface area contributed by atoms with Crippen molar-refractivity contribution in [3.63, 3.8) is 0 Å². The Morgan fingerprint density at radius 2 is 2.00 bits per heavy atom. The fourth-order valence-electron chi connectivity index (χ4n) is 0.678. The van der Waals surface area contributed by atoms with E-state index in [-0.39, 0.29) is 5.92 Å². The summed E-state index contributed by atoms with van der Waals surface area (Å²) in [5.41, 5.74) is 3.35. The Morgan fingerprint density at radius 1 is 1.33 bits per heavy atom. The van der Waals surface area contributed by atoms with Crippen LogP contribution in [-0.4, -0.2) is 22.8 Å². The first-order chi connectivity index (χ1) is 5.81. The number of hydrogen-bond acceptors (Lipinski definition) is 6. The highest BCUT2D eigenvalue weighted by atomic mass is 16.5. The first kappa shape index (κ1) is 10.9. The Morgan fingerprint density at radius 3 is 2.58 bits per heavy atom. The first-order valence-corrected chi connectivity index (χ1v) is 3.64. The van der Waals surface area contributed by atoms with Crippen LogP contribution in [0, 0.1) is 5.92 Å². The fraction of sp³-hybridized carbons (Fsp3) is 0.667. The molecule has 12 heavy (non-hydrogen) atoms. The van der Waals surface area contributed by atoms with E-state index in [1.807, 2.05) is 6.92 Å². The Balaban J connectivity index is 3.37. The van der Waals surface area contributed by atoms with Crippen LogP contribution in [0.15, 0.2) is 10.2 Å². The lowest BCUT2D eigenvalue weighted by molar-refractivity contribution is 0.172. The van der Waals surface area contributed by atoms with Crippen LogP contribution in [0.2, 0.25) is 0 Å². The minimum atomic E-state index is 0.259. The maximum atomic E-state index is 8.11. The molecular weight excluding hydrogens is 160 g/mol. The molecule has 0 aliphatic heterocycles. The normalized spacial score (nSPS) is 13.9. The minimum absolute atomic E-state index is 0.259. The molecule has 4 N–H and O–H groups in total. The third-order valence-corrected chi connectivity index (χ3v) is 1.29. The van der Waals surface area contributed by atoms with E-state index in [1.54, 1.807) is 23.6 Å². The van der Waals surface area contributed by atoms with Crippen LogP contribution < -0.4 is 11.2 Å². The lowest BCUT2D eigenvalue weighted by Crippen LogP contribution is -2.03. The van der Waals surface area contributed by atoms with Gasteiger partial charge in [-0.1, -0.05) is 6.92 Å². The van der Waals surface area contributed by atoms with Gasteiger partial charge < -0.3 is 0 Å². The van der Waals surface area contributed by atoms with Crippen molar-refractivity contribution in [2.75, 3.05) is 0 Å². The van der Waals surface area contributed by atoms with Gasteiger partial charge in [0, 0.05) is 12.4 Å². The van der Waals surface area contributed by atoms with Crippen molar-refractivity contribution in [3.8, 4) is 0 Å². The third-order valence-electron chi connectivity index (χ3n) is 1.29. The Bertz CT molecular complexity index is 148. The van der Waals surface area contributed by atoms with Crippen molar-refractivity contribution in [1.29, 1.82) is 0 Å². The van der Waals surface area contributed by atoms with E-state index in [1.165, 1.54) is 0 Å². The van der Waals surface area contributed by atoms with E-state index < -0.39 is 0 Å². The monoisotopic (exact) mass is 174 g/mol. The van der Waals surface area contributed by atoms with Gasteiger partial charge in [-0.2, -0.15) is 21.4 Å². The number of nitrogens with one attached hydrogen (secondary N) is 2. The summed E-state index contributed by atoms with van der Waals surface area (Å²) >= 11 is 0. The molecule has 6 nitrogen and oxygen atoms in total. The van der Waals surface area contributed by atoms with Gasteiger partial charge in [-0.25, -0.2) is 0 Å². The summed E-state index contributed by atoms with van der Waals surface area (Å²) in [7, 11) is 0. The van der Waals surface area contributed by atoms with Gasteiger partial charge in [0.25, 0.3) is 0 Å². The van der Waals surface area contributed by atoms with E-state index in [2.05, 4.69) is 10.2 Å². The molecule has 0 rings (SSSR count). The molecule has 0 spiro atoms. The second kappa shape index (κ2) is 7.96. The Kier molecular flexibility index (Phi) is 7.21. The highest BCUT2D eigenvalue weighted by molar-refractivity contribution is 5.62. The van der Waals surface area contributed by atoms with Crippen LogP contribution in [0.1, 0.15) is 19.8 Å². The molecule has 0 heterocycles. The number of hydrogen-bond donors (Lipinski definition) is 4. The van der Waals surface area contributed by atoms with E-state index in [9.17, 15) is 0 Å². The van der Waals surface area contributed by atoms with Crippen LogP contribution >= 0.6 is 0 Å². The van der Waals surface area contributed by atoms with Crippen molar-refractivity contribution >= 4 is 12.4 Å². The molecule has 0 fully saturated rings. The van der Waals surface area contributed by atoms with E-state index in [4.69, 9.17) is 10.4 Å². The molecule has 0 aromatic carbocycles. The standard InChI is InChI=1S/C6H14N4O2/c1-6(5-8-10-12)3-2-4-7-9-11/h4-6,9-12H,2-3H2,1H3. The molecule has 70 valence electrons. The zero-order valence-electron chi connectivity index (χ0n) is 6.94. The highest BCUT2D eigenvalue weighted by Crippen LogP contribution is 1.99. The van der Waals surface area contributed by atoms with Gasteiger partial charge in [0.05, 0.1) is 0 Å². The molecule has 1 unspecified atom stereocenters. The van der Waals surface area contributed by atoms with Crippen LogP contribution in [0.5, 0.6) is 0 Å². The average Bonchev–Trinajstić information content (AvgIpc) is 2.09. The average molecular weight is 174 g/mol. The summed E-state index contributed by atoms with van der Waals surface area (Å²) < 4.78 is 0. The lowest BCUT2D eigenvalue weighted by Gasteiger charge is -2.00. The van der Waals surface area contributed by atoms with Crippen LogP contribution in [0.3, 0.4) is 0 Å². The highest BCUT2D eigenvalue weighted by Gasteiger charge is 1.95. The second-order valence-electron chi connectivity index (χ2n) is 2.34. The molecular formula is C6H14N4O2. The molecule has 0 aliphatic rings. The van der Waals surface area contributed by atoms with Gasteiger partial charge in [-0.3, -0.25) is 10.4 Å². The summed E-state index contributed by atoms with van der Waals surface area (Å²) in [6.45, 7) is 1.96. The smallest absolute Gasteiger partial charge is 0.0295 e. The summed E-state index contributed by atoms with van der Waals surface area (Å²) in [6, 6.07) is 0. The Hall–Kier alpha value is -1.14. The molecule has 6 heteroatoms. The summed E-state index contributed by atoms with van der Waals surface area (Å²) in [6.07, 6.45) is 4.76. The van der Waals surface area contributed by atoms with E-state index in [0.717, 1.165) is 12.8 Å². The largest absolute Gasteiger partial charge is 0.274 e. The third kappa shape index (κ3) is 6.97. The molecule has 1 atom stereocenters. The summed E-state index contributed by atoms with van der Waals surface area (Å²) in [4.78, 5) is 0. The van der Waals surface area contributed by atoms with Gasteiger partial charge in [0.1, 0.15) is 0 Å². The van der Waals surface area contributed by atoms with Crippen molar-refractivity contribution in [1.82, 2.24) is 11.2 Å². The van der Waals surface area contributed by atoms with E-state index in [0.29, 0.717) is 0 Å². The number of hydrazone groups is 2. The first-order valence-electron chi connectivity index (χ1n) is 3.64. The molecule has 0 aromatic rings. The summed E-state index contributed by atoms with van der Waals surface area (Å²) in [5.74, 6) is 0.259. The minimum Gasteiger partial charge on any atom is -0.274 e. The van der Waals surface area contributed by atoms with Gasteiger partial charge in [-0.05, 0) is 18.8 Å². The fourth-order valence-corrected chi connectivity index (χ4v) is 0.678. The Labute approximate surface area is 70.9 Å². The molecule has 0 saturated heterocycles. The SMILES string of the molecule is CC(C=NNO)CCC=NNO. The van der Waals surface area contributed by atoms with Crippen molar-refractivity contribution in [3.05, 3.63) is 0 Å². The number of nitrogens with zero attached hydrogens (tertiary/aromatic N) is 2. The molecule has 0 amide bonds. The molecule has 0 aromatic heterocycles. The predicted molar refractivity (Wildman–Crippen MR) is 45.2 cm³/mol. The van der Waals surface area contributed by atoms with Crippen LogP contribution in [-0.2, 0) is 0 Å². The maximum Gasteiger partial charge on any atom is 0.0295 e. The zero-order valence-corrected chi connectivity index (χ0v) is 6.94. The molecule has 0 aliphatic carbocycles. The topological polar surface area (TPSA) is 89.2 Å².